The van der Waals surface area contributed by atoms with Gasteiger partial charge < -0.3 is 9.52 Å². The molecular formula is C12H12N2O3. The highest BCUT2D eigenvalue weighted by molar-refractivity contribution is 5.84. The van der Waals surface area contributed by atoms with Crippen LogP contribution in [0.4, 0.5) is 0 Å². The zero-order chi connectivity index (χ0) is 11.8. The third kappa shape index (κ3) is 2.08. The van der Waals surface area contributed by atoms with Crippen LogP contribution >= 0.6 is 0 Å². The van der Waals surface area contributed by atoms with Crippen LogP contribution in [0.25, 0.3) is 0 Å². The smallest absolute Gasteiger partial charge is 0.371 e. The molecule has 2 aromatic rings. The third-order valence-corrected chi connectivity index (χ3v) is 2.85. The van der Waals surface area contributed by atoms with E-state index in [4.69, 9.17) is 9.52 Å². The van der Waals surface area contributed by atoms with E-state index in [1.165, 1.54) is 18.9 Å². The molecule has 3 rings (SSSR count). The third-order valence-electron chi connectivity index (χ3n) is 2.85. The predicted octanol–water partition coefficient (Wildman–Crippen LogP) is 2.10. The summed E-state index contributed by atoms with van der Waals surface area (Å²) in [5, 5.41) is 13.2. The molecule has 1 aliphatic rings. The molecule has 0 unspecified atom stereocenters. The van der Waals surface area contributed by atoms with Crippen LogP contribution < -0.4 is 0 Å². The molecule has 2 aromatic heterocycles. The minimum Gasteiger partial charge on any atom is -0.475 e. The maximum absolute atomic E-state index is 10.7. The van der Waals surface area contributed by atoms with Crippen LogP contribution in [0.1, 0.15) is 40.8 Å². The van der Waals surface area contributed by atoms with E-state index in [9.17, 15) is 4.79 Å². The van der Waals surface area contributed by atoms with E-state index >= 15 is 0 Å². The van der Waals surface area contributed by atoms with E-state index in [0.717, 1.165) is 5.69 Å². The van der Waals surface area contributed by atoms with E-state index in [2.05, 4.69) is 5.10 Å². The molecule has 88 valence electrons. The fourth-order valence-electron chi connectivity index (χ4n) is 1.80. The second-order valence-corrected chi connectivity index (χ2v) is 4.28. The summed E-state index contributed by atoms with van der Waals surface area (Å²) < 4.78 is 6.95. The van der Waals surface area contributed by atoms with Crippen LogP contribution in [0.2, 0.25) is 0 Å². The molecule has 0 spiro atoms. The van der Waals surface area contributed by atoms with Crippen molar-refractivity contribution in [3.63, 3.8) is 0 Å². The van der Waals surface area contributed by atoms with Gasteiger partial charge in [-0.3, -0.25) is 4.68 Å². The van der Waals surface area contributed by atoms with Crippen molar-refractivity contribution in [1.82, 2.24) is 9.78 Å². The zero-order valence-corrected chi connectivity index (χ0v) is 9.17. The minimum absolute atomic E-state index is 0.0328. The van der Waals surface area contributed by atoms with Crippen molar-refractivity contribution in [3.8, 4) is 0 Å². The number of hydrogen-bond donors (Lipinski definition) is 1. The Morgan fingerprint density at radius 2 is 2.29 bits per heavy atom. The average molecular weight is 232 g/mol. The van der Waals surface area contributed by atoms with Gasteiger partial charge in [-0.15, -0.1) is 0 Å². The molecule has 0 bridgehead atoms. The Morgan fingerprint density at radius 1 is 1.47 bits per heavy atom. The van der Waals surface area contributed by atoms with Gasteiger partial charge in [0.1, 0.15) is 5.76 Å². The first-order valence-corrected chi connectivity index (χ1v) is 5.58. The Morgan fingerprint density at radius 3 is 2.94 bits per heavy atom. The summed E-state index contributed by atoms with van der Waals surface area (Å²) in [4.78, 5) is 10.7. The summed E-state index contributed by atoms with van der Waals surface area (Å²) in [6, 6.07) is 5.14. The Labute approximate surface area is 97.7 Å². The van der Waals surface area contributed by atoms with E-state index in [-0.39, 0.29) is 5.76 Å². The molecular weight excluding hydrogens is 220 g/mol. The molecule has 5 nitrogen and oxygen atoms in total. The van der Waals surface area contributed by atoms with Gasteiger partial charge in [0.05, 0.1) is 12.2 Å². The lowest BCUT2D eigenvalue weighted by molar-refractivity contribution is 0.0660. The lowest BCUT2D eigenvalue weighted by Gasteiger charge is -1.97. The summed E-state index contributed by atoms with van der Waals surface area (Å²) in [6.45, 7) is 0.472. The average Bonchev–Trinajstić information content (AvgIpc) is 2.87. The maximum Gasteiger partial charge on any atom is 0.371 e. The molecule has 2 heterocycles. The number of carboxylic acids is 1. The van der Waals surface area contributed by atoms with Crippen molar-refractivity contribution in [2.45, 2.75) is 25.3 Å². The first kappa shape index (κ1) is 10.1. The lowest BCUT2D eigenvalue weighted by atomic mass is 10.3. The van der Waals surface area contributed by atoms with Gasteiger partial charge in [-0.25, -0.2) is 4.79 Å². The highest BCUT2D eigenvalue weighted by atomic mass is 16.4. The van der Waals surface area contributed by atoms with Gasteiger partial charge >= 0.3 is 5.97 Å². The first-order valence-electron chi connectivity index (χ1n) is 5.58. The van der Waals surface area contributed by atoms with Crippen LogP contribution in [0, 0.1) is 0 Å². The number of furan rings is 1. The number of carboxylic acid groups (broad SMARTS) is 1. The molecule has 0 aromatic carbocycles. The van der Waals surface area contributed by atoms with Gasteiger partial charge in [0.2, 0.25) is 5.76 Å². The summed E-state index contributed by atoms with van der Waals surface area (Å²) in [5.41, 5.74) is 1.12. The van der Waals surface area contributed by atoms with Gasteiger partial charge in [0.25, 0.3) is 0 Å². The van der Waals surface area contributed by atoms with Gasteiger partial charge in [-0.05, 0) is 31.0 Å². The molecule has 17 heavy (non-hydrogen) atoms. The van der Waals surface area contributed by atoms with Gasteiger partial charge in [0, 0.05) is 12.1 Å². The summed E-state index contributed by atoms with van der Waals surface area (Å²) in [6.07, 6.45) is 4.35. The van der Waals surface area contributed by atoms with Crippen molar-refractivity contribution in [3.05, 3.63) is 41.6 Å². The Balaban J connectivity index is 1.73. The molecule has 1 saturated carbocycles. The molecule has 1 N–H and O–H groups in total. The van der Waals surface area contributed by atoms with Gasteiger partial charge in [-0.2, -0.15) is 5.10 Å². The van der Waals surface area contributed by atoms with E-state index < -0.39 is 5.97 Å². The van der Waals surface area contributed by atoms with Crippen LogP contribution in [0.3, 0.4) is 0 Å². The summed E-state index contributed by atoms with van der Waals surface area (Å²) in [5.74, 6) is 0.153. The molecule has 0 radical (unpaired) electrons. The van der Waals surface area contributed by atoms with E-state index in [1.54, 1.807) is 10.7 Å². The maximum atomic E-state index is 10.7. The first-order chi connectivity index (χ1) is 8.22. The zero-order valence-electron chi connectivity index (χ0n) is 9.17. The molecule has 0 amide bonds. The second kappa shape index (κ2) is 3.76. The Bertz CT molecular complexity index is 552. The predicted molar refractivity (Wildman–Crippen MR) is 59.0 cm³/mol. The normalized spacial score (nSPS) is 15.1. The monoisotopic (exact) mass is 232 g/mol. The summed E-state index contributed by atoms with van der Waals surface area (Å²) in [7, 11) is 0. The number of aromatic carboxylic acids is 1. The molecule has 0 aliphatic heterocycles. The van der Waals surface area contributed by atoms with Crippen molar-refractivity contribution >= 4 is 5.97 Å². The van der Waals surface area contributed by atoms with E-state index in [1.807, 2.05) is 12.3 Å². The second-order valence-electron chi connectivity index (χ2n) is 4.28. The topological polar surface area (TPSA) is 68.3 Å². The van der Waals surface area contributed by atoms with Crippen LogP contribution in [-0.2, 0) is 6.54 Å². The molecule has 0 atom stereocenters. The van der Waals surface area contributed by atoms with Gasteiger partial charge in [0.15, 0.2) is 0 Å². The Hall–Kier alpha value is -2.04. The van der Waals surface area contributed by atoms with Crippen LogP contribution in [-0.4, -0.2) is 20.9 Å². The SMILES string of the molecule is O=C(O)c1ccc(Cn2ccc(C3CC3)n2)o1. The molecule has 0 saturated heterocycles. The number of aromatic nitrogens is 2. The highest BCUT2D eigenvalue weighted by Crippen LogP contribution is 2.38. The largest absolute Gasteiger partial charge is 0.475 e. The molecule has 1 aliphatic carbocycles. The van der Waals surface area contributed by atoms with Crippen molar-refractivity contribution in [2.24, 2.45) is 0 Å². The fraction of sp³-hybridized carbons (Fsp3) is 0.333. The highest BCUT2D eigenvalue weighted by Gasteiger charge is 2.25. The number of hydrogen-bond acceptors (Lipinski definition) is 3. The lowest BCUT2D eigenvalue weighted by Crippen LogP contribution is -2.00. The van der Waals surface area contributed by atoms with Crippen molar-refractivity contribution in [2.75, 3.05) is 0 Å². The molecule has 1 fully saturated rings. The van der Waals surface area contributed by atoms with Crippen molar-refractivity contribution < 1.29 is 14.3 Å². The molecule has 5 heteroatoms. The fourth-order valence-corrected chi connectivity index (χ4v) is 1.80. The Kier molecular flexibility index (Phi) is 2.24. The quantitative estimate of drug-likeness (QED) is 0.876. The number of carbonyl (C=O) groups is 1. The van der Waals surface area contributed by atoms with E-state index in [0.29, 0.717) is 18.2 Å². The van der Waals surface area contributed by atoms with Crippen LogP contribution in [0.15, 0.2) is 28.8 Å². The van der Waals surface area contributed by atoms with Crippen molar-refractivity contribution in [1.29, 1.82) is 0 Å². The standard InChI is InChI=1S/C12H12N2O3/c15-12(16)11-4-3-9(17-11)7-14-6-5-10(13-14)8-1-2-8/h3-6,8H,1-2,7H2,(H,15,16). The van der Waals surface area contributed by atoms with Crippen LogP contribution in [0.5, 0.6) is 0 Å². The van der Waals surface area contributed by atoms with Gasteiger partial charge in [-0.1, -0.05) is 0 Å². The minimum atomic E-state index is -1.05. The number of nitrogens with zero attached hydrogens (tertiary/aromatic N) is 2. The summed E-state index contributed by atoms with van der Waals surface area (Å²) >= 11 is 0. The number of rotatable bonds is 4.